The van der Waals surface area contributed by atoms with E-state index in [9.17, 15) is 5.26 Å². The first kappa shape index (κ1) is 11.9. The van der Waals surface area contributed by atoms with E-state index >= 15 is 0 Å². The first-order chi connectivity index (χ1) is 8.27. The molecule has 0 amide bonds. The molecule has 1 unspecified atom stereocenters. The fourth-order valence-corrected chi connectivity index (χ4v) is 2.39. The van der Waals surface area contributed by atoms with Crippen molar-refractivity contribution in [2.75, 3.05) is 24.7 Å². The van der Waals surface area contributed by atoms with Gasteiger partial charge in [0.05, 0.1) is 19.3 Å². The number of nitriles is 1. The molecule has 1 fully saturated rings. The molecule has 2 rings (SSSR count). The van der Waals surface area contributed by atoms with Gasteiger partial charge in [0, 0.05) is 12.2 Å². The highest BCUT2D eigenvalue weighted by Crippen LogP contribution is 2.28. The average molecular weight is 230 g/mol. The van der Waals surface area contributed by atoms with Crippen LogP contribution in [-0.4, -0.2) is 25.8 Å². The number of hydrogen-bond donors (Lipinski definition) is 0. The van der Waals surface area contributed by atoms with Crippen molar-refractivity contribution in [3.63, 3.8) is 0 Å². The van der Waals surface area contributed by atoms with Gasteiger partial charge in [-0.3, -0.25) is 0 Å². The smallest absolute Gasteiger partial charge is 0.140 e. The molecule has 0 N–H and O–H groups in total. The van der Waals surface area contributed by atoms with Crippen molar-refractivity contribution in [2.24, 2.45) is 0 Å². The summed E-state index contributed by atoms with van der Waals surface area (Å²) in [6.45, 7) is 6.28. The van der Waals surface area contributed by atoms with E-state index in [1.165, 1.54) is 16.8 Å². The summed E-state index contributed by atoms with van der Waals surface area (Å²) < 4.78 is 5.37. The summed E-state index contributed by atoms with van der Waals surface area (Å²) in [5.41, 5.74) is 3.78. The van der Waals surface area contributed by atoms with Crippen molar-refractivity contribution in [1.82, 2.24) is 0 Å². The standard InChI is InChI=1S/C14H18N2O/c1-3-12-6-4-5-11(2)14(12)16-7-8-17-10-13(16)9-15/h4-6,13H,3,7-8,10H2,1-2H3. The Bertz CT molecular complexity index is 436. The zero-order valence-electron chi connectivity index (χ0n) is 10.4. The van der Waals surface area contributed by atoms with E-state index in [2.05, 4.69) is 43.0 Å². The zero-order chi connectivity index (χ0) is 12.3. The normalized spacial score (nSPS) is 20.1. The summed E-state index contributed by atoms with van der Waals surface area (Å²) >= 11 is 0. The zero-order valence-corrected chi connectivity index (χ0v) is 10.4. The van der Waals surface area contributed by atoms with Crippen LogP contribution in [0.2, 0.25) is 0 Å². The second kappa shape index (κ2) is 5.20. The van der Waals surface area contributed by atoms with E-state index < -0.39 is 0 Å². The Morgan fingerprint density at radius 2 is 2.35 bits per heavy atom. The number of nitrogens with zero attached hydrogens (tertiary/aromatic N) is 2. The van der Waals surface area contributed by atoms with E-state index in [1.807, 2.05) is 0 Å². The average Bonchev–Trinajstić information content (AvgIpc) is 2.38. The second-order valence-corrected chi connectivity index (χ2v) is 4.35. The fourth-order valence-electron chi connectivity index (χ4n) is 2.39. The summed E-state index contributed by atoms with van der Waals surface area (Å²) in [6.07, 6.45) is 0.993. The highest BCUT2D eigenvalue weighted by molar-refractivity contribution is 5.61. The van der Waals surface area contributed by atoms with Gasteiger partial charge in [-0.15, -0.1) is 0 Å². The number of aryl methyl sites for hydroxylation is 2. The predicted octanol–water partition coefficient (Wildman–Crippen LogP) is 2.29. The van der Waals surface area contributed by atoms with E-state index in [0.717, 1.165) is 13.0 Å². The van der Waals surface area contributed by atoms with Crippen LogP contribution < -0.4 is 4.90 Å². The Balaban J connectivity index is 2.41. The summed E-state index contributed by atoms with van der Waals surface area (Å²) in [7, 11) is 0. The molecule has 0 saturated carbocycles. The van der Waals surface area contributed by atoms with Crippen molar-refractivity contribution < 1.29 is 4.74 Å². The van der Waals surface area contributed by atoms with Crippen LogP contribution in [-0.2, 0) is 11.2 Å². The minimum Gasteiger partial charge on any atom is -0.376 e. The summed E-state index contributed by atoms with van der Waals surface area (Å²) in [5, 5.41) is 9.21. The van der Waals surface area contributed by atoms with Crippen LogP contribution in [0.5, 0.6) is 0 Å². The molecule has 1 aliphatic heterocycles. The molecule has 0 aliphatic carbocycles. The maximum absolute atomic E-state index is 9.21. The molecule has 0 radical (unpaired) electrons. The van der Waals surface area contributed by atoms with Gasteiger partial charge in [0.15, 0.2) is 0 Å². The van der Waals surface area contributed by atoms with Gasteiger partial charge in [0.2, 0.25) is 0 Å². The van der Waals surface area contributed by atoms with Gasteiger partial charge < -0.3 is 9.64 Å². The number of ether oxygens (including phenoxy) is 1. The quantitative estimate of drug-likeness (QED) is 0.782. The number of para-hydroxylation sites is 1. The molecule has 1 atom stereocenters. The Kier molecular flexibility index (Phi) is 3.65. The van der Waals surface area contributed by atoms with Crippen molar-refractivity contribution in [3.05, 3.63) is 29.3 Å². The summed E-state index contributed by atoms with van der Waals surface area (Å²) in [5.74, 6) is 0. The third kappa shape index (κ3) is 2.27. The minimum atomic E-state index is -0.157. The van der Waals surface area contributed by atoms with Gasteiger partial charge in [0.1, 0.15) is 6.04 Å². The van der Waals surface area contributed by atoms with E-state index in [4.69, 9.17) is 4.74 Å². The molecule has 0 aromatic heterocycles. The van der Waals surface area contributed by atoms with Gasteiger partial charge in [-0.2, -0.15) is 5.26 Å². The molecule has 1 aliphatic rings. The third-order valence-electron chi connectivity index (χ3n) is 3.27. The van der Waals surface area contributed by atoms with Crippen molar-refractivity contribution >= 4 is 5.69 Å². The van der Waals surface area contributed by atoms with Crippen LogP contribution >= 0.6 is 0 Å². The van der Waals surface area contributed by atoms with E-state index in [-0.39, 0.29) is 6.04 Å². The maximum atomic E-state index is 9.21. The molecule has 90 valence electrons. The molecule has 3 heteroatoms. The van der Waals surface area contributed by atoms with Gasteiger partial charge >= 0.3 is 0 Å². The first-order valence-electron chi connectivity index (χ1n) is 6.10. The lowest BCUT2D eigenvalue weighted by atomic mass is 10.0. The van der Waals surface area contributed by atoms with Crippen LogP contribution in [0.15, 0.2) is 18.2 Å². The number of morpholine rings is 1. The van der Waals surface area contributed by atoms with E-state index in [0.29, 0.717) is 13.2 Å². The number of rotatable bonds is 2. The third-order valence-corrected chi connectivity index (χ3v) is 3.27. The molecule has 1 heterocycles. The maximum Gasteiger partial charge on any atom is 0.140 e. The molecule has 3 nitrogen and oxygen atoms in total. The Morgan fingerprint density at radius 3 is 3.06 bits per heavy atom. The SMILES string of the molecule is CCc1cccc(C)c1N1CCOCC1C#N. The summed E-state index contributed by atoms with van der Waals surface area (Å²) in [4.78, 5) is 2.19. The van der Waals surface area contributed by atoms with Crippen LogP contribution in [0.25, 0.3) is 0 Å². The van der Waals surface area contributed by atoms with Crippen molar-refractivity contribution in [1.29, 1.82) is 5.26 Å². The number of anilines is 1. The van der Waals surface area contributed by atoms with Crippen LogP contribution in [0.3, 0.4) is 0 Å². The first-order valence-corrected chi connectivity index (χ1v) is 6.10. The highest BCUT2D eigenvalue weighted by Gasteiger charge is 2.25. The van der Waals surface area contributed by atoms with Gasteiger partial charge in [-0.25, -0.2) is 0 Å². The van der Waals surface area contributed by atoms with Gasteiger partial charge in [-0.05, 0) is 24.5 Å². The predicted molar refractivity (Wildman–Crippen MR) is 68.1 cm³/mol. The van der Waals surface area contributed by atoms with Crippen molar-refractivity contribution in [2.45, 2.75) is 26.3 Å². The van der Waals surface area contributed by atoms with Gasteiger partial charge in [0.25, 0.3) is 0 Å². The van der Waals surface area contributed by atoms with Crippen LogP contribution in [0.4, 0.5) is 5.69 Å². The molecule has 1 aromatic carbocycles. The number of hydrogen-bond acceptors (Lipinski definition) is 3. The van der Waals surface area contributed by atoms with Crippen LogP contribution in [0.1, 0.15) is 18.1 Å². The lowest BCUT2D eigenvalue weighted by Gasteiger charge is -2.35. The molecule has 1 saturated heterocycles. The second-order valence-electron chi connectivity index (χ2n) is 4.35. The number of benzene rings is 1. The lowest BCUT2D eigenvalue weighted by Crippen LogP contribution is -2.45. The monoisotopic (exact) mass is 230 g/mol. The summed E-state index contributed by atoms with van der Waals surface area (Å²) in [6, 6.07) is 8.51. The topological polar surface area (TPSA) is 36.3 Å². The molecular formula is C14H18N2O. The lowest BCUT2D eigenvalue weighted by molar-refractivity contribution is 0.107. The Hall–Kier alpha value is -1.53. The Morgan fingerprint density at radius 1 is 1.53 bits per heavy atom. The van der Waals surface area contributed by atoms with Crippen molar-refractivity contribution in [3.8, 4) is 6.07 Å². The molecule has 0 bridgehead atoms. The highest BCUT2D eigenvalue weighted by atomic mass is 16.5. The molecular weight excluding hydrogens is 212 g/mol. The molecule has 0 spiro atoms. The van der Waals surface area contributed by atoms with Crippen LogP contribution in [0, 0.1) is 18.3 Å². The molecule has 17 heavy (non-hydrogen) atoms. The largest absolute Gasteiger partial charge is 0.376 e. The minimum absolute atomic E-state index is 0.157. The molecule has 1 aromatic rings. The fraction of sp³-hybridized carbons (Fsp3) is 0.500. The van der Waals surface area contributed by atoms with Gasteiger partial charge in [-0.1, -0.05) is 25.1 Å². The Labute approximate surface area is 103 Å². The van der Waals surface area contributed by atoms with E-state index in [1.54, 1.807) is 0 Å².